The summed E-state index contributed by atoms with van der Waals surface area (Å²) in [4.78, 5) is 39.5. The number of nitro groups is 1. The molecular formula is C18H14BrClN6O5. The number of aromatic nitrogens is 3. The fraction of sp³-hybridized carbons (Fsp3) is 0.111. The SMILES string of the molecule is COC(=O)Nc1cc([N+](=O)[O-])cc(C)c1NC(=O)c1cc(Br)nn1-c1ncccc1Cl. The molecule has 0 radical (unpaired) electrons. The molecule has 31 heavy (non-hydrogen) atoms. The summed E-state index contributed by atoms with van der Waals surface area (Å²) >= 11 is 9.40. The zero-order valence-corrected chi connectivity index (χ0v) is 18.4. The molecule has 0 atom stereocenters. The first-order valence-corrected chi connectivity index (χ1v) is 9.70. The van der Waals surface area contributed by atoms with Crippen molar-refractivity contribution >= 4 is 56.6 Å². The van der Waals surface area contributed by atoms with E-state index in [0.29, 0.717) is 10.2 Å². The van der Waals surface area contributed by atoms with Gasteiger partial charge >= 0.3 is 6.09 Å². The first-order chi connectivity index (χ1) is 14.7. The average Bonchev–Trinajstić information content (AvgIpc) is 3.11. The van der Waals surface area contributed by atoms with Crippen LogP contribution in [0.3, 0.4) is 0 Å². The van der Waals surface area contributed by atoms with Crippen molar-refractivity contribution in [2.24, 2.45) is 0 Å². The highest BCUT2D eigenvalue weighted by Gasteiger charge is 2.22. The van der Waals surface area contributed by atoms with Gasteiger partial charge in [0.1, 0.15) is 10.3 Å². The van der Waals surface area contributed by atoms with E-state index in [4.69, 9.17) is 11.6 Å². The third-order valence-corrected chi connectivity index (χ3v) is 4.73. The van der Waals surface area contributed by atoms with E-state index in [-0.39, 0.29) is 33.6 Å². The lowest BCUT2D eigenvalue weighted by Crippen LogP contribution is -2.20. The lowest BCUT2D eigenvalue weighted by Gasteiger charge is -2.15. The molecule has 0 spiro atoms. The Morgan fingerprint density at radius 2 is 2.03 bits per heavy atom. The third-order valence-electron chi connectivity index (χ3n) is 4.04. The van der Waals surface area contributed by atoms with Crippen LogP contribution in [-0.2, 0) is 4.74 Å². The van der Waals surface area contributed by atoms with Crippen molar-refractivity contribution in [3.05, 3.63) is 67.5 Å². The Labute approximate surface area is 188 Å². The van der Waals surface area contributed by atoms with Crippen LogP contribution in [0.5, 0.6) is 0 Å². The molecule has 3 rings (SSSR count). The maximum atomic E-state index is 13.1. The molecule has 1 aromatic carbocycles. The molecular weight excluding hydrogens is 496 g/mol. The Bertz CT molecular complexity index is 1200. The van der Waals surface area contributed by atoms with Gasteiger partial charge in [-0.25, -0.2) is 14.5 Å². The maximum Gasteiger partial charge on any atom is 0.411 e. The number of aryl methyl sites for hydroxylation is 1. The van der Waals surface area contributed by atoms with Gasteiger partial charge in [-0.3, -0.25) is 20.2 Å². The molecule has 13 heteroatoms. The summed E-state index contributed by atoms with van der Waals surface area (Å²) < 4.78 is 6.16. The number of pyridine rings is 1. The number of nitrogens with one attached hydrogen (secondary N) is 2. The minimum absolute atomic E-state index is 0.00657. The van der Waals surface area contributed by atoms with Crippen molar-refractivity contribution in [1.82, 2.24) is 14.8 Å². The van der Waals surface area contributed by atoms with Crippen LogP contribution >= 0.6 is 27.5 Å². The Morgan fingerprint density at radius 3 is 2.68 bits per heavy atom. The Hall–Kier alpha value is -3.51. The van der Waals surface area contributed by atoms with Gasteiger partial charge < -0.3 is 10.1 Å². The van der Waals surface area contributed by atoms with Crippen molar-refractivity contribution < 1.29 is 19.2 Å². The maximum absolute atomic E-state index is 13.1. The van der Waals surface area contributed by atoms with Crippen LogP contribution in [0.2, 0.25) is 5.02 Å². The number of nitrogens with zero attached hydrogens (tertiary/aromatic N) is 4. The summed E-state index contributed by atoms with van der Waals surface area (Å²) in [5, 5.41) is 20.7. The first kappa shape index (κ1) is 22.2. The molecule has 0 saturated heterocycles. The standard InChI is InChI=1S/C18H14BrClN6O5/c1-9-6-10(26(29)30)7-12(22-18(28)31-2)15(9)23-17(27)13-8-14(19)24-25(13)16-11(20)4-3-5-21-16/h3-8H,1-2H3,(H,22,28)(H,23,27). The van der Waals surface area contributed by atoms with Crippen LogP contribution < -0.4 is 10.6 Å². The molecule has 160 valence electrons. The van der Waals surface area contributed by atoms with Gasteiger partial charge in [0.25, 0.3) is 11.6 Å². The number of carbonyl (C=O) groups excluding carboxylic acids is 2. The number of rotatable bonds is 5. The quantitative estimate of drug-likeness (QED) is 0.385. The number of hydrogen-bond acceptors (Lipinski definition) is 7. The van der Waals surface area contributed by atoms with Crippen LogP contribution in [0.15, 0.2) is 41.1 Å². The summed E-state index contributed by atoms with van der Waals surface area (Å²) in [6.07, 6.45) is 0.639. The number of methoxy groups -OCH3 is 1. The molecule has 0 aliphatic rings. The number of benzene rings is 1. The molecule has 0 fully saturated rings. The fourth-order valence-corrected chi connectivity index (χ4v) is 3.26. The van der Waals surface area contributed by atoms with E-state index in [9.17, 15) is 19.7 Å². The number of hydrogen-bond donors (Lipinski definition) is 2. The molecule has 2 aromatic heterocycles. The molecule has 0 aliphatic heterocycles. The smallest absolute Gasteiger partial charge is 0.411 e. The van der Waals surface area contributed by atoms with Crippen molar-refractivity contribution in [3.8, 4) is 5.82 Å². The molecule has 2 N–H and O–H groups in total. The van der Waals surface area contributed by atoms with E-state index >= 15 is 0 Å². The predicted octanol–water partition coefficient (Wildman–Crippen LogP) is 4.33. The van der Waals surface area contributed by atoms with Crippen molar-refractivity contribution in [2.45, 2.75) is 6.92 Å². The monoisotopic (exact) mass is 508 g/mol. The molecule has 0 bridgehead atoms. The highest BCUT2D eigenvalue weighted by Crippen LogP contribution is 2.32. The number of anilines is 2. The molecule has 2 heterocycles. The third kappa shape index (κ3) is 4.81. The van der Waals surface area contributed by atoms with E-state index in [1.54, 1.807) is 19.1 Å². The van der Waals surface area contributed by atoms with E-state index in [1.807, 2.05) is 0 Å². The van der Waals surface area contributed by atoms with Gasteiger partial charge in [0.05, 0.1) is 28.4 Å². The summed E-state index contributed by atoms with van der Waals surface area (Å²) in [5.41, 5.74) is 0.295. The number of non-ortho nitro benzene ring substituents is 1. The van der Waals surface area contributed by atoms with E-state index in [0.717, 1.165) is 13.2 Å². The van der Waals surface area contributed by atoms with E-state index < -0.39 is 16.9 Å². The minimum atomic E-state index is -0.858. The first-order valence-electron chi connectivity index (χ1n) is 8.53. The minimum Gasteiger partial charge on any atom is -0.453 e. The second kappa shape index (κ2) is 9.10. The lowest BCUT2D eigenvalue weighted by molar-refractivity contribution is -0.384. The van der Waals surface area contributed by atoms with Crippen LogP contribution in [0.4, 0.5) is 21.9 Å². The number of nitro benzene ring substituents is 1. The van der Waals surface area contributed by atoms with Crippen LogP contribution in [0.1, 0.15) is 16.1 Å². The van der Waals surface area contributed by atoms with Gasteiger partial charge in [0.2, 0.25) is 0 Å². The largest absolute Gasteiger partial charge is 0.453 e. The van der Waals surface area contributed by atoms with Gasteiger partial charge in [-0.2, -0.15) is 5.10 Å². The second-order valence-electron chi connectivity index (χ2n) is 6.09. The van der Waals surface area contributed by atoms with Crippen molar-refractivity contribution in [1.29, 1.82) is 0 Å². The van der Waals surface area contributed by atoms with Crippen LogP contribution in [0, 0.1) is 17.0 Å². The number of halogens is 2. The van der Waals surface area contributed by atoms with E-state index in [2.05, 4.69) is 41.4 Å². The summed E-state index contributed by atoms with van der Waals surface area (Å²) in [7, 11) is 1.14. The summed E-state index contributed by atoms with van der Waals surface area (Å²) in [6.45, 7) is 1.55. The fourth-order valence-electron chi connectivity index (χ4n) is 2.69. The zero-order valence-electron chi connectivity index (χ0n) is 16.1. The molecule has 11 nitrogen and oxygen atoms in total. The van der Waals surface area contributed by atoms with E-state index in [1.165, 1.54) is 23.0 Å². The number of amides is 2. The molecule has 2 amide bonds. The number of carbonyl (C=O) groups is 2. The molecule has 0 unspecified atom stereocenters. The van der Waals surface area contributed by atoms with Gasteiger partial charge in [-0.1, -0.05) is 11.6 Å². The zero-order chi connectivity index (χ0) is 22.7. The van der Waals surface area contributed by atoms with Gasteiger partial charge in [0, 0.05) is 24.4 Å². The van der Waals surface area contributed by atoms with Gasteiger partial charge in [-0.05, 0) is 40.5 Å². The van der Waals surface area contributed by atoms with Crippen molar-refractivity contribution in [3.63, 3.8) is 0 Å². The van der Waals surface area contributed by atoms with Crippen molar-refractivity contribution in [2.75, 3.05) is 17.7 Å². The second-order valence-corrected chi connectivity index (χ2v) is 7.31. The lowest BCUT2D eigenvalue weighted by atomic mass is 10.1. The van der Waals surface area contributed by atoms with Crippen LogP contribution in [-0.4, -0.2) is 38.8 Å². The highest BCUT2D eigenvalue weighted by molar-refractivity contribution is 9.10. The molecule has 0 aliphatic carbocycles. The molecule has 3 aromatic rings. The Kier molecular flexibility index (Phi) is 6.51. The summed E-state index contributed by atoms with van der Waals surface area (Å²) in [6, 6.07) is 7.06. The Balaban J connectivity index is 2.04. The molecule has 0 saturated carbocycles. The number of ether oxygens (including phenoxy) is 1. The van der Waals surface area contributed by atoms with Crippen LogP contribution in [0.25, 0.3) is 5.82 Å². The van der Waals surface area contributed by atoms with Gasteiger partial charge in [-0.15, -0.1) is 0 Å². The van der Waals surface area contributed by atoms with Gasteiger partial charge in [0.15, 0.2) is 5.82 Å². The Morgan fingerprint density at radius 1 is 1.29 bits per heavy atom. The highest BCUT2D eigenvalue weighted by atomic mass is 79.9. The normalized spacial score (nSPS) is 10.5. The topological polar surface area (TPSA) is 141 Å². The predicted molar refractivity (Wildman–Crippen MR) is 116 cm³/mol. The average molecular weight is 510 g/mol. The summed E-state index contributed by atoms with van der Waals surface area (Å²) in [5.74, 6) is -0.391.